The van der Waals surface area contributed by atoms with E-state index in [2.05, 4.69) is 43.1 Å². The summed E-state index contributed by atoms with van der Waals surface area (Å²) < 4.78 is 12.2. The molecule has 4 rings (SSSR count). The van der Waals surface area contributed by atoms with Crippen molar-refractivity contribution in [2.24, 2.45) is 11.8 Å². The van der Waals surface area contributed by atoms with E-state index in [0.29, 0.717) is 18.9 Å². The van der Waals surface area contributed by atoms with Crippen LogP contribution in [0.4, 0.5) is 0 Å². The van der Waals surface area contributed by atoms with Gasteiger partial charge in [-0.15, -0.1) is 0 Å². The van der Waals surface area contributed by atoms with Crippen molar-refractivity contribution in [2.45, 2.75) is 59.0 Å². The molecule has 3 unspecified atom stereocenters. The Morgan fingerprint density at radius 1 is 1.32 bits per heavy atom. The fourth-order valence-electron chi connectivity index (χ4n) is 4.68. The minimum absolute atomic E-state index is 0.117. The Morgan fingerprint density at radius 2 is 2.06 bits per heavy atom. The Bertz CT molecular complexity index is 1030. The van der Waals surface area contributed by atoms with Crippen LogP contribution in [0.5, 0.6) is 0 Å². The van der Waals surface area contributed by atoms with E-state index < -0.39 is 5.97 Å². The monoisotopic (exact) mass is 421 g/mol. The number of ether oxygens (including phenoxy) is 1. The standard InChI is InChI=1S/C26H31NO4/c1-16-5-7-19(8-6-16)24-27-23(18(3)31-24)12-14-30-26(4)13-11-22-20(15-26)9-10-21(22)17(2)25(28)29/h5-8,11,15,17,21H,9-10,12-14H2,1-4H3,(H,28,29). The Kier molecular flexibility index (Phi) is 5.89. The number of hydrogen-bond acceptors (Lipinski definition) is 4. The number of nitrogens with zero attached hydrogens (tertiary/aromatic N) is 1. The maximum Gasteiger partial charge on any atom is 0.306 e. The fraction of sp³-hybridized carbons (Fsp3) is 0.462. The lowest BCUT2D eigenvalue weighted by atomic mass is 9.82. The average Bonchev–Trinajstić information content (AvgIpc) is 3.31. The highest BCUT2D eigenvalue weighted by molar-refractivity contribution is 5.71. The molecule has 0 bridgehead atoms. The number of carboxylic acids is 1. The Hall–Kier alpha value is -2.66. The van der Waals surface area contributed by atoms with Gasteiger partial charge in [0.2, 0.25) is 5.89 Å². The van der Waals surface area contributed by atoms with E-state index >= 15 is 0 Å². The van der Waals surface area contributed by atoms with Crippen molar-refractivity contribution in [1.29, 1.82) is 0 Å². The first-order valence-corrected chi connectivity index (χ1v) is 11.1. The van der Waals surface area contributed by atoms with Crippen molar-refractivity contribution in [1.82, 2.24) is 4.98 Å². The van der Waals surface area contributed by atoms with Gasteiger partial charge in [0, 0.05) is 12.0 Å². The van der Waals surface area contributed by atoms with Gasteiger partial charge in [0.1, 0.15) is 5.76 Å². The van der Waals surface area contributed by atoms with Crippen LogP contribution < -0.4 is 0 Å². The van der Waals surface area contributed by atoms with Gasteiger partial charge in [0.25, 0.3) is 0 Å². The van der Waals surface area contributed by atoms with E-state index in [1.165, 1.54) is 16.7 Å². The molecule has 1 heterocycles. The van der Waals surface area contributed by atoms with Crippen LogP contribution in [0.2, 0.25) is 0 Å². The topological polar surface area (TPSA) is 72.6 Å². The van der Waals surface area contributed by atoms with Crippen LogP contribution >= 0.6 is 0 Å². The van der Waals surface area contributed by atoms with Crippen molar-refractivity contribution in [3.8, 4) is 11.5 Å². The van der Waals surface area contributed by atoms with Crippen molar-refractivity contribution >= 4 is 5.97 Å². The van der Waals surface area contributed by atoms with Gasteiger partial charge >= 0.3 is 5.97 Å². The SMILES string of the molecule is Cc1ccc(-c2nc(CCOC3(C)C=C4CCC(C(C)C(=O)O)C4=CC3)c(C)o2)cc1. The second kappa shape index (κ2) is 8.46. The quantitative estimate of drug-likeness (QED) is 0.624. The highest BCUT2D eigenvalue weighted by Gasteiger charge is 2.37. The molecule has 0 amide bonds. The lowest BCUT2D eigenvalue weighted by Crippen LogP contribution is -2.30. The van der Waals surface area contributed by atoms with Gasteiger partial charge < -0.3 is 14.3 Å². The van der Waals surface area contributed by atoms with Gasteiger partial charge in [-0.05, 0) is 75.3 Å². The summed E-state index contributed by atoms with van der Waals surface area (Å²) in [6, 6.07) is 8.17. The molecule has 2 aromatic rings. The molecule has 1 N–H and O–H groups in total. The van der Waals surface area contributed by atoms with Crippen molar-refractivity contribution in [2.75, 3.05) is 6.61 Å². The van der Waals surface area contributed by atoms with Crippen molar-refractivity contribution in [3.05, 3.63) is 64.6 Å². The maximum atomic E-state index is 11.4. The molecule has 2 aliphatic rings. The van der Waals surface area contributed by atoms with Crippen molar-refractivity contribution < 1.29 is 19.1 Å². The van der Waals surface area contributed by atoms with Gasteiger partial charge in [-0.3, -0.25) is 4.79 Å². The second-order valence-corrected chi connectivity index (χ2v) is 9.10. The van der Waals surface area contributed by atoms with Gasteiger partial charge in [0.15, 0.2) is 0 Å². The third kappa shape index (κ3) is 4.52. The third-order valence-electron chi connectivity index (χ3n) is 6.66. The van der Waals surface area contributed by atoms with E-state index in [1.807, 2.05) is 26.0 Å². The zero-order valence-corrected chi connectivity index (χ0v) is 18.8. The summed E-state index contributed by atoms with van der Waals surface area (Å²) in [6.45, 7) is 8.48. The summed E-state index contributed by atoms with van der Waals surface area (Å²) in [5, 5.41) is 9.38. The minimum Gasteiger partial charge on any atom is -0.481 e. The molecule has 2 aliphatic carbocycles. The minimum atomic E-state index is -0.718. The summed E-state index contributed by atoms with van der Waals surface area (Å²) in [7, 11) is 0. The molecule has 31 heavy (non-hydrogen) atoms. The van der Waals surface area contributed by atoms with E-state index in [1.54, 1.807) is 0 Å². The number of aromatic nitrogens is 1. The van der Waals surface area contributed by atoms with Crippen LogP contribution in [0.25, 0.3) is 11.5 Å². The summed E-state index contributed by atoms with van der Waals surface area (Å²) in [6.07, 6.45) is 7.69. The van der Waals surface area contributed by atoms with Gasteiger partial charge in [-0.2, -0.15) is 0 Å². The molecule has 1 aromatic carbocycles. The molecule has 1 aromatic heterocycles. The Labute approximate surface area is 183 Å². The Morgan fingerprint density at radius 3 is 2.77 bits per heavy atom. The number of carbonyl (C=O) groups is 1. The first-order valence-electron chi connectivity index (χ1n) is 11.1. The van der Waals surface area contributed by atoms with Crippen LogP contribution in [0.1, 0.15) is 50.1 Å². The Balaban J connectivity index is 1.38. The van der Waals surface area contributed by atoms with Crippen LogP contribution in [0, 0.1) is 25.7 Å². The van der Waals surface area contributed by atoms with Crippen LogP contribution in [-0.2, 0) is 16.0 Å². The third-order valence-corrected chi connectivity index (χ3v) is 6.66. The molecule has 0 aliphatic heterocycles. The molecule has 0 spiro atoms. The van der Waals surface area contributed by atoms with Gasteiger partial charge in [-0.1, -0.05) is 30.7 Å². The van der Waals surface area contributed by atoms with E-state index in [4.69, 9.17) is 9.15 Å². The molecular weight excluding hydrogens is 390 g/mol. The molecule has 1 saturated carbocycles. The van der Waals surface area contributed by atoms with Crippen LogP contribution in [0.3, 0.4) is 0 Å². The molecular formula is C26H31NO4. The summed E-state index contributed by atoms with van der Waals surface area (Å²) >= 11 is 0. The summed E-state index contributed by atoms with van der Waals surface area (Å²) in [5.74, 6) is 0.529. The van der Waals surface area contributed by atoms with Gasteiger partial charge in [0.05, 0.1) is 23.8 Å². The number of aryl methyl sites for hydroxylation is 2. The summed E-state index contributed by atoms with van der Waals surface area (Å²) in [4.78, 5) is 16.1. The number of benzene rings is 1. The summed E-state index contributed by atoms with van der Waals surface area (Å²) in [5.41, 5.74) is 5.22. The predicted octanol–water partition coefficient (Wildman–Crippen LogP) is 5.66. The predicted molar refractivity (Wildman–Crippen MR) is 120 cm³/mol. The van der Waals surface area contributed by atoms with Crippen LogP contribution in [0.15, 0.2) is 52.0 Å². The normalized spacial score (nSPS) is 23.8. The number of oxazole rings is 1. The fourth-order valence-corrected chi connectivity index (χ4v) is 4.68. The molecule has 5 heteroatoms. The second-order valence-electron chi connectivity index (χ2n) is 9.10. The number of rotatable bonds is 7. The van der Waals surface area contributed by atoms with Gasteiger partial charge in [-0.25, -0.2) is 4.98 Å². The highest BCUT2D eigenvalue weighted by Crippen LogP contribution is 2.45. The van der Waals surface area contributed by atoms with Crippen molar-refractivity contribution in [3.63, 3.8) is 0 Å². The molecule has 1 fully saturated rings. The smallest absolute Gasteiger partial charge is 0.306 e. The number of allylic oxidation sites excluding steroid dienone is 2. The largest absolute Gasteiger partial charge is 0.481 e. The first kappa shape index (κ1) is 21.6. The lowest BCUT2D eigenvalue weighted by molar-refractivity contribution is -0.142. The number of fused-ring (bicyclic) bond motifs is 1. The molecule has 5 nitrogen and oxygen atoms in total. The lowest BCUT2D eigenvalue weighted by Gasteiger charge is -2.31. The number of carboxylic acid groups (broad SMARTS) is 1. The zero-order chi connectivity index (χ0) is 22.2. The molecule has 3 atom stereocenters. The zero-order valence-electron chi connectivity index (χ0n) is 18.8. The molecule has 0 radical (unpaired) electrons. The van der Waals surface area contributed by atoms with E-state index in [9.17, 15) is 9.90 Å². The molecule has 0 saturated heterocycles. The maximum absolute atomic E-state index is 11.4. The first-order chi connectivity index (χ1) is 14.8. The molecule has 164 valence electrons. The van der Waals surface area contributed by atoms with Crippen LogP contribution in [-0.4, -0.2) is 28.3 Å². The number of aliphatic carboxylic acids is 1. The number of hydrogen-bond donors (Lipinski definition) is 1. The van der Waals surface area contributed by atoms with E-state index in [0.717, 1.165) is 36.3 Å². The average molecular weight is 422 g/mol. The highest BCUT2D eigenvalue weighted by atomic mass is 16.5. The van der Waals surface area contributed by atoms with E-state index in [-0.39, 0.29) is 17.4 Å².